The van der Waals surface area contributed by atoms with Crippen LogP contribution in [-0.4, -0.2) is 19.8 Å². The van der Waals surface area contributed by atoms with Crippen molar-refractivity contribution in [1.29, 1.82) is 0 Å². The molecule has 0 saturated carbocycles. The van der Waals surface area contributed by atoms with E-state index in [9.17, 15) is 8.78 Å². The van der Waals surface area contributed by atoms with Crippen LogP contribution in [0.25, 0.3) is 0 Å². The minimum atomic E-state index is -0.286. The summed E-state index contributed by atoms with van der Waals surface area (Å²) in [5.74, 6) is -0.156. The summed E-state index contributed by atoms with van der Waals surface area (Å²) in [5, 5.41) is 3.11. The Bertz CT molecular complexity index is 300. The van der Waals surface area contributed by atoms with Gasteiger partial charge in [-0.2, -0.15) is 0 Å². The number of benzene rings is 1. The minimum Gasteiger partial charge on any atom is -0.316 e. The fourth-order valence-electron chi connectivity index (χ4n) is 1.34. The van der Waals surface area contributed by atoms with Gasteiger partial charge in [0, 0.05) is 0 Å². The zero-order valence-corrected chi connectivity index (χ0v) is 9.02. The summed E-state index contributed by atoms with van der Waals surface area (Å²) >= 11 is 0. The first-order valence-electron chi connectivity index (χ1n) is 5.25. The normalized spacial score (nSPS) is 10.6. The van der Waals surface area contributed by atoms with E-state index in [1.54, 1.807) is 19.1 Å². The largest absolute Gasteiger partial charge is 0.316 e. The maximum absolute atomic E-state index is 13.1. The molecule has 0 amide bonds. The Hall–Kier alpha value is -0.960. The van der Waals surface area contributed by atoms with E-state index in [-0.39, 0.29) is 12.5 Å². The van der Waals surface area contributed by atoms with Crippen molar-refractivity contribution in [1.82, 2.24) is 5.32 Å². The van der Waals surface area contributed by atoms with E-state index in [1.165, 1.54) is 0 Å². The lowest BCUT2D eigenvalue weighted by Crippen LogP contribution is -2.18. The maximum Gasteiger partial charge on any atom is 0.126 e. The van der Waals surface area contributed by atoms with Gasteiger partial charge in [0.15, 0.2) is 0 Å². The van der Waals surface area contributed by atoms with Crippen molar-refractivity contribution in [2.24, 2.45) is 0 Å². The van der Waals surface area contributed by atoms with Crippen LogP contribution >= 0.6 is 0 Å². The lowest BCUT2D eigenvalue weighted by Gasteiger charge is -2.04. The Balaban J connectivity index is 2.28. The second-order valence-corrected chi connectivity index (χ2v) is 3.63. The standard InChI is InChI=1S/C12H17F2N/c1-10-3-4-11(9-12(10)14)5-8-15-7-2-6-13/h3-4,9,15H,2,5-8H2,1H3. The topological polar surface area (TPSA) is 12.0 Å². The summed E-state index contributed by atoms with van der Waals surface area (Å²) < 4.78 is 24.9. The van der Waals surface area contributed by atoms with E-state index >= 15 is 0 Å². The smallest absolute Gasteiger partial charge is 0.126 e. The van der Waals surface area contributed by atoms with Crippen molar-refractivity contribution >= 4 is 0 Å². The molecule has 0 bridgehead atoms. The van der Waals surface area contributed by atoms with Crippen molar-refractivity contribution in [3.8, 4) is 0 Å². The highest BCUT2D eigenvalue weighted by Gasteiger charge is 1.98. The predicted octanol–water partition coefficient (Wildman–Crippen LogP) is 2.63. The average Bonchev–Trinajstić information content (AvgIpc) is 2.23. The van der Waals surface area contributed by atoms with Gasteiger partial charge >= 0.3 is 0 Å². The van der Waals surface area contributed by atoms with Crippen molar-refractivity contribution in [3.05, 3.63) is 35.1 Å². The summed E-state index contributed by atoms with van der Waals surface area (Å²) in [7, 11) is 0. The van der Waals surface area contributed by atoms with Gasteiger partial charge in [-0.15, -0.1) is 0 Å². The van der Waals surface area contributed by atoms with E-state index in [2.05, 4.69) is 5.32 Å². The van der Waals surface area contributed by atoms with Gasteiger partial charge in [0.2, 0.25) is 0 Å². The summed E-state index contributed by atoms with van der Waals surface area (Å²) in [6.07, 6.45) is 1.33. The monoisotopic (exact) mass is 213 g/mol. The van der Waals surface area contributed by atoms with Gasteiger partial charge < -0.3 is 5.32 Å². The third-order valence-corrected chi connectivity index (χ3v) is 2.31. The molecule has 0 atom stereocenters. The Kier molecular flexibility index (Phi) is 5.26. The highest BCUT2D eigenvalue weighted by atomic mass is 19.1. The molecule has 0 heterocycles. The lowest BCUT2D eigenvalue weighted by atomic mass is 10.1. The molecule has 3 heteroatoms. The number of hydrogen-bond acceptors (Lipinski definition) is 1. The van der Waals surface area contributed by atoms with Gasteiger partial charge in [-0.3, -0.25) is 4.39 Å². The first-order valence-corrected chi connectivity index (χ1v) is 5.25. The number of aryl methyl sites for hydroxylation is 1. The Labute approximate surface area is 89.5 Å². The van der Waals surface area contributed by atoms with Crippen LogP contribution in [0.1, 0.15) is 17.5 Å². The highest BCUT2D eigenvalue weighted by Crippen LogP contribution is 2.09. The molecular formula is C12H17F2N. The van der Waals surface area contributed by atoms with E-state index < -0.39 is 0 Å². The van der Waals surface area contributed by atoms with E-state index in [0.717, 1.165) is 18.5 Å². The van der Waals surface area contributed by atoms with Gasteiger partial charge in [-0.25, -0.2) is 4.39 Å². The molecule has 0 fully saturated rings. The molecule has 1 aromatic rings. The third-order valence-electron chi connectivity index (χ3n) is 2.31. The first-order chi connectivity index (χ1) is 7.24. The zero-order valence-electron chi connectivity index (χ0n) is 9.02. The van der Waals surface area contributed by atoms with Gasteiger partial charge in [0.1, 0.15) is 5.82 Å². The molecule has 0 radical (unpaired) electrons. The van der Waals surface area contributed by atoms with Crippen LogP contribution < -0.4 is 5.32 Å². The Morgan fingerprint density at radius 3 is 2.73 bits per heavy atom. The fraction of sp³-hybridized carbons (Fsp3) is 0.500. The van der Waals surface area contributed by atoms with Crippen LogP contribution in [0.2, 0.25) is 0 Å². The predicted molar refractivity (Wildman–Crippen MR) is 58.3 cm³/mol. The van der Waals surface area contributed by atoms with Crippen molar-refractivity contribution in [2.45, 2.75) is 19.8 Å². The first kappa shape index (κ1) is 12.1. The van der Waals surface area contributed by atoms with Crippen molar-refractivity contribution in [3.63, 3.8) is 0 Å². The summed E-state index contributed by atoms with van der Waals surface area (Å²) in [6, 6.07) is 5.27. The van der Waals surface area contributed by atoms with Crippen LogP contribution in [0.5, 0.6) is 0 Å². The molecule has 0 aliphatic rings. The minimum absolute atomic E-state index is 0.156. The maximum atomic E-state index is 13.1. The van der Waals surface area contributed by atoms with Crippen LogP contribution in [0.4, 0.5) is 8.78 Å². The fourth-order valence-corrected chi connectivity index (χ4v) is 1.34. The molecule has 0 aliphatic carbocycles. The van der Waals surface area contributed by atoms with Crippen molar-refractivity contribution < 1.29 is 8.78 Å². The molecule has 15 heavy (non-hydrogen) atoms. The molecule has 0 saturated heterocycles. The van der Waals surface area contributed by atoms with Gasteiger partial charge in [0.25, 0.3) is 0 Å². The lowest BCUT2D eigenvalue weighted by molar-refractivity contribution is 0.460. The Morgan fingerprint density at radius 1 is 1.27 bits per heavy atom. The highest BCUT2D eigenvalue weighted by molar-refractivity contribution is 5.23. The van der Waals surface area contributed by atoms with Crippen LogP contribution in [0.15, 0.2) is 18.2 Å². The number of nitrogens with one attached hydrogen (secondary N) is 1. The average molecular weight is 213 g/mol. The molecule has 84 valence electrons. The third kappa shape index (κ3) is 4.38. The quantitative estimate of drug-likeness (QED) is 0.716. The molecule has 1 nitrogen and oxygen atoms in total. The zero-order chi connectivity index (χ0) is 11.1. The SMILES string of the molecule is Cc1ccc(CCNCCCF)cc1F. The molecule has 1 aromatic carbocycles. The number of alkyl halides is 1. The van der Waals surface area contributed by atoms with Crippen LogP contribution in [0, 0.1) is 12.7 Å². The molecule has 0 unspecified atom stereocenters. The number of rotatable bonds is 6. The summed E-state index contributed by atoms with van der Waals surface area (Å²) in [4.78, 5) is 0. The molecule has 0 aromatic heterocycles. The summed E-state index contributed by atoms with van der Waals surface area (Å²) in [6.45, 7) is 2.91. The number of hydrogen-bond donors (Lipinski definition) is 1. The van der Waals surface area contributed by atoms with E-state index in [4.69, 9.17) is 0 Å². The van der Waals surface area contributed by atoms with Gasteiger partial charge in [-0.05, 0) is 50.0 Å². The molecule has 1 rings (SSSR count). The van der Waals surface area contributed by atoms with Gasteiger partial charge in [-0.1, -0.05) is 12.1 Å². The second-order valence-electron chi connectivity index (χ2n) is 3.63. The van der Waals surface area contributed by atoms with E-state index in [0.29, 0.717) is 18.5 Å². The molecular weight excluding hydrogens is 196 g/mol. The van der Waals surface area contributed by atoms with Crippen LogP contribution in [0.3, 0.4) is 0 Å². The molecule has 0 spiro atoms. The Morgan fingerprint density at radius 2 is 2.07 bits per heavy atom. The molecule has 0 aliphatic heterocycles. The van der Waals surface area contributed by atoms with E-state index in [1.807, 2.05) is 6.07 Å². The van der Waals surface area contributed by atoms with Crippen LogP contribution in [-0.2, 0) is 6.42 Å². The number of halogens is 2. The van der Waals surface area contributed by atoms with Gasteiger partial charge in [0.05, 0.1) is 6.67 Å². The second kappa shape index (κ2) is 6.51. The van der Waals surface area contributed by atoms with Crippen molar-refractivity contribution in [2.75, 3.05) is 19.8 Å². The summed E-state index contributed by atoms with van der Waals surface area (Å²) in [5.41, 5.74) is 1.65. The molecule has 1 N–H and O–H groups in total.